The van der Waals surface area contributed by atoms with Gasteiger partial charge in [0.1, 0.15) is 11.3 Å². The molecule has 1 saturated heterocycles. The zero-order valence-corrected chi connectivity index (χ0v) is 11.1. The Bertz CT molecular complexity index is 454. The van der Waals surface area contributed by atoms with E-state index in [0.717, 1.165) is 25.9 Å². The molecule has 0 spiro atoms. The van der Waals surface area contributed by atoms with Crippen molar-refractivity contribution in [1.29, 1.82) is 0 Å². The Morgan fingerprint density at radius 1 is 1.47 bits per heavy atom. The first kappa shape index (κ1) is 13.7. The van der Waals surface area contributed by atoms with Gasteiger partial charge in [0.15, 0.2) is 0 Å². The topological polar surface area (TPSA) is 75.8 Å². The highest BCUT2D eigenvalue weighted by Crippen LogP contribution is 2.24. The summed E-state index contributed by atoms with van der Waals surface area (Å²) in [4.78, 5) is 13.4. The summed E-state index contributed by atoms with van der Waals surface area (Å²) >= 11 is 0. The summed E-state index contributed by atoms with van der Waals surface area (Å²) in [7, 11) is 2.11. The fourth-order valence-electron chi connectivity index (χ4n) is 2.28. The molecule has 0 atom stereocenters. The number of anilines is 1. The first-order chi connectivity index (χ1) is 9.06. The fourth-order valence-corrected chi connectivity index (χ4v) is 2.28. The Morgan fingerprint density at radius 3 is 2.79 bits per heavy atom. The van der Waals surface area contributed by atoms with Crippen molar-refractivity contribution in [3.05, 3.63) is 23.8 Å². The van der Waals surface area contributed by atoms with Gasteiger partial charge >= 0.3 is 5.97 Å². The summed E-state index contributed by atoms with van der Waals surface area (Å²) in [6.07, 6.45) is 2.18. The predicted molar refractivity (Wildman–Crippen MR) is 73.5 cm³/mol. The Balaban J connectivity index is 1.97. The van der Waals surface area contributed by atoms with E-state index in [0.29, 0.717) is 24.0 Å². The molecule has 0 bridgehead atoms. The zero-order chi connectivity index (χ0) is 13.8. The maximum absolute atomic E-state index is 11.1. The summed E-state index contributed by atoms with van der Waals surface area (Å²) in [6.45, 7) is 2.71. The molecular weight excluding hydrogens is 244 g/mol. The summed E-state index contributed by atoms with van der Waals surface area (Å²) < 4.78 is 5.67. The second kappa shape index (κ2) is 5.93. The average molecular weight is 264 g/mol. The minimum atomic E-state index is -1.01. The highest BCUT2D eigenvalue weighted by atomic mass is 16.5. The lowest BCUT2D eigenvalue weighted by Gasteiger charge is -2.28. The van der Waals surface area contributed by atoms with Crippen molar-refractivity contribution in [3.8, 4) is 5.75 Å². The monoisotopic (exact) mass is 264 g/mol. The molecule has 5 nitrogen and oxygen atoms in total. The Kier molecular flexibility index (Phi) is 4.27. The number of carboxylic acids is 1. The van der Waals surface area contributed by atoms with Crippen LogP contribution in [0.3, 0.4) is 0 Å². The van der Waals surface area contributed by atoms with Crippen molar-refractivity contribution in [2.75, 3.05) is 32.5 Å². The number of hydrogen-bond acceptors (Lipinski definition) is 4. The van der Waals surface area contributed by atoms with Crippen LogP contribution in [-0.2, 0) is 0 Å². The zero-order valence-electron chi connectivity index (χ0n) is 11.1. The van der Waals surface area contributed by atoms with E-state index in [9.17, 15) is 4.79 Å². The van der Waals surface area contributed by atoms with Gasteiger partial charge in [-0.1, -0.05) is 0 Å². The van der Waals surface area contributed by atoms with Gasteiger partial charge in [-0.25, -0.2) is 4.79 Å². The molecule has 0 radical (unpaired) electrons. The highest BCUT2D eigenvalue weighted by Gasteiger charge is 2.18. The van der Waals surface area contributed by atoms with Crippen LogP contribution in [0.25, 0.3) is 0 Å². The first-order valence-electron chi connectivity index (χ1n) is 6.50. The minimum Gasteiger partial charge on any atom is -0.492 e. The van der Waals surface area contributed by atoms with E-state index in [1.807, 2.05) is 0 Å². The van der Waals surface area contributed by atoms with Crippen molar-refractivity contribution < 1.29 is 14.6 Å². The third kappa shape index (κ3) is 3.61. The highest BCUT2D eigenvalue weighted by molar-refractivity contribution is 5.92. The lowest BCUT2D eigenvalue weighted by molar-refractivity contribution is 0.0690. The third-order valence-corrected chi connectivity index (χ3v) is 3.55. The standard InChI is InChI=1S/C14H20N2O3/c1-16-6-4-10(5-7-16)9-19-13-3-2-11(15)8-12(13)14(17)18/h2-3,8,10H,4-7,9,15H2,1H3,(H,17,18). The first-order valence-corrected chi connectivity index (χ1v) is 6.50. The molecule has 0 unspecified atom stereocenters. The molecule has 1 heterocycles. The van der Waals surface area contributed by atoms with E-state index in [1.165, 1.54) is 6.07 Å². The Morgan fingerprint density at radius 2 is 2.16 bits per heavy atom. The number of nitrogens with zero attached hydrogens (tertiary/aromatic N) is 1. The summed E-state index contributed by atoms with van der Waals surface area (Å²) in [5, 5.41) is 9.12. The molecule has 5 heteroatoms. The van der Waals surface area contributed by atoms with Gasteiger partial charge in [0, 0.05) is 5.69 Å². The van der Waals surface area contributed by atoms with Crippen molar-refractivity contribution >= 4 is 11.7 Å². The Labute approximate surface area is 113 Å². The number of nitrogens with two attached hydrogens (primary N) is 1. The molecule has 0 aliphatic carbocycles. The van der Waals surface area contributed by atoms with Crippen LogP contribution in [0.1, 0.15) is 23.2 Å². The number of carbonyl (C=O) groups is 1. The van der Waals surface area contributed by atoms with Crippen LogP contribution >= 0.6 is 0 Å². The van der Waals surface area contributed by atoms with E-state index in [4.69, 9.17) is 15.6 Å². The van der Waals surface area contributed by atoms with Crippen LogP contribution < -0.4 is 10.5 Å². The molecule has 104 valence electrons. The van der Waals surface area contributed by atoms with Crippen LogP contribution in [0.4, 0.5) is 5.69 Å². The maximum Gasteiger partial charge on any atom is 0.339 e. The molecule has 1 fully saturated rings. The van der Waals surface area contributed by atoms with Gasteiger partial charge in [0.05, 0.1) is 6.61 Å². The smallest absolute Gasteiger partial charge is 0.339 e. The van der Waals surface area contributed by atoms with Crippen LogP contribution in [-0.4, -0.2) is 42.7 Å². The number of likely N-dealkylation sites (tertiary alicyclic amines) is 1. The van der Waals surface area contributed by atoms with E-state index < -0.39 is 5.97 Å². The van der Waals surface area contributed by atoms with Gasteiger partial charge in [-0.3, -0.25) is 0 Å². The second-order valence-electron chi connectivity index (χ2n) is 5.12. The van der Waals surface area contributed by atoms with E-state index in [1.54, 1.807) is 12.1 Å². The lowest BCUT2D eigenvalue weighted by Crippen LogP contribution is -2.32. The summed E-state index contributed by atoms with van der Waals surface area (Å²) in [5.41, 5.74) is 6.16. The van der Waals surface area contributed by atoms with Crippen LogP contribution in [0.5, 0.6) is 5.75 Å². The third-order valence-electron chi connectivity index (χ3n) is 3.55. The number of piperidine rings is 1. The quantitative estimate of drug-likeness (QED) is 0.809. The number of hydrogen-bond donors (Lipinski definition) is 2. The molecule has 1 aliphatic rings. The van der Waals surface area contributed by atoms with Crippen molar-refractivity contribution in [1.82, 2.24) is 4.90 Å². The molecule has 1 aliphatic heterocycles. The van der Waals surface area contributed by atoms with Gasteiger partial charge < -0.3 is 20.5 Å². The number of nitrogen functional groups attached to an aromatic ring is 1. The van der Waals surface area contributed by atoms with Crippen molar-refractivity contribution in [2.24, 2.45) is 5.92 Å². The number of carboxylic acid groups (broad SMARTS) is 1. The molecule has 0 amide bonds. The van der Waals surface area contributed by atoms with Crippen molar-refractivity contribution in [3.63, 3.8) is 0 Å². The van der Waals surface area contributed by atoms with Gasteiger partial charge in [-0.15, -0.1) is 0 Å². The molecule has 0 aromatic heterocycles. The SMILES string of the molecule is CN1CCC(COc2ccc(N)cc2C(=O)O)CC1. The molecule has 1 aromatic carbocycles. The second-order valence-corrected chi connectivity index (χ2v) is 5.12. The number of benzene rings is 1. The normalized spacial score (nSPS) is 17.3. The summed E-state index contributed by atoms with van der Waals surface area (Å²) in [5.74, 6) is -0.110. The molecule has 19 heavy (non-hydrogen) atoms. The largest absolute Gasteiger partial charge is 0.492 e. The van der Waals surface area contributed by atoms with E-state index in [2.05, 4.69) is 11.9 Å². The minimum absolute atomic E-state index is 0.132. The van der Waals surface area contributed by atoms with Gasteiger partial charge in [0.25, 0.3) is 0 Å². The molecule has 1 aromatic rings. The molecule has 3 N–H and O–H groups in total. The van der Waals surface area contributed by atoms with E-state index >= 15 is 0 Å². The molecule has 0 saturated carbocycles. The average Bonchev–Trinajstić information content (AvgIpc) is 2.39. The fraction of sp³-hybridized carbons (Fsp3) is 0.500. The van der Waals surface area contributed by atoms with Gasteiger partial charge in [0.2, 0.25) is 0 Å². The molecule has 2 rings (SSSR count). The van der Waals surface area contributed by atoms with Crippen LogP contribution in [0, 0.1) is 5.92 Å². The van der Waals surface area contributed by atoms with Gasteiger partial charge in [-0.05, 0) is 57.1 Å². The number of ether oxygens (including phenoxy) is 1. The predicted octanol–water partition coefficient (Wildman–Crippen LogP) is 1.69. The van der Waals surface area contributed by atoms with E-state index in [-0.39, 0.29) is 5.56 Å². The van der Waals surface area contributed by atoms with Crippen LogP contribution in [0.15, 0.2) is 18.2 Å². The molecular formula is C14H20N2O3. The number of aromatic carboxylic acids is 1. The van der Waals surface area contributed by atoms with Crippen LogP contribution in [0.2, 0.25) is 0 Å². The summed E-state index contributed by atoms with van der Waals surface area (Å²) in [6, 6.07) is 4.73. The Hall–Kier alpha value is -1.75. The maximum atomic E-state index is 11.1. The lowest BCUT2D eigenvalue weighted by atomic mass is 9.98. The number of rotatable bonds is 4. The van der Waals surface area contributed by atoms with Gasteiger partial charge in [-0.2, -0.15) is 0 Å². The van der Waals surface area contributed by atoms with Crippen molar-refractivity contribution in [2.45, 2.75) is 12.8 Å².